The van der Waals surface area contributed by atoms with Crippen LogP contribution >= 0.6 is 11.8 Å². The maximum atomic E-state index is 12.5. The van der Waals surface area contributed by atoms with Gasteiger partial charge in [-0.1, -0.05) is 36.8 Å². The number of hydrogen-bond acceptors (Lipinski definition) is 4. The molecule has 2 saturated heterocycles. The second-order valence-corrected chi connectivity index (χ2v) is 7.84. The number of nitrogens with one attached hydrogen (secondary N) is 2. The van der Waals surface area contributed by atoms with Crippen molar-refractivity contribution < 1.29 is 19.5 Å². The number of carboxylic acids is 1. The first-order chi connectivity index (χ1) is 12.6. The number of imide groups is 1. The van der Waals surface area contributed by atoms with E-state index in [4.69, 9.17) is 5.11 Å². The third kappa shape index (κ3) is 4.30. The van der Waals surface area contributed by atoms with Gasteiger partial charge in [-0.15, -0.1) is 0 Å². The van der Waals surface area contributed by atoms with Gasteiger partial charge in [0, 0.05) is 24.0 Å². The van der Waals surface area contributed by atoms with Crippen molar-refractivity contribution in [2.24, 2.45) is 0 Å². The first-order valence-electron chi connectivity index (χ1n) is 8.81. The van der Waals surface area contributed by atoms with Gasteiger partial charge in [0.2, 0.25) is 0 Å². The summed E-state index contributed by atoms with van der Waals surface area (Å²) in [5.74, 6) is -0.0662. The highest BCUT2D eigenvalue weighted by molar-refractivity contribution is 8.00. The molecule has 3 N–H and O–H groups in total. The number of unbranched alkanes of at least 4 members (excludes halogenated alkanes) is 1. The van der Waals surface area contributed by atoms with Gasteiger partial charge in [0.1, 0.15) is 0 Å². The maximum absolute atomic E-state index is 12.5. The molecule has 2 aliphatic rings. The standard InChI is InChI=1S/C18H23N3O4S/c22-15(23)9-5-4-8-14-16-13(11-26-14)21(18(25)20-16)17(24)19-10-12-6-2-1-3-7-12/h1-3,6-7,13-14,16H,4-5,8-11H2,(H,19,24)(H,20,25)(H,22,23)/t13-,14-,16-/m0/s1. The molecule has 8 heteroatoms. The van der Waals surface area contributed by atoms with E-state index < -0.39 is 5.97 Å². The lowest BCUT2D eigenvalue weighted by Gasteiger charge is -2.20. The fourth-order valence-corrected chi connectivity index (χ4v) is 5.04. The number of nitrogens with zero attached hydrogens (tertiary/aromatic N) is 1. The Morgan fingerprint density at radius 3 is 2.77 bits per heavy atom. The van der Waals surface area contributed by atoms with E-state index in [1.807, 2.05) is 30.3 Å². The van der Waals surface area contributed by atoms with Gasteiger partial charge in [-0.25, -0.2) is 14.5 Å². The molecule has 0 bridgehead atoms. The largest absolute Gasteiger partial charge is 0.481 e. The molecule has 1 aromatic carbocycles. The fraction of sp³-hybridized carbons (Fsp3) is 0.500. The Kier molecular flexibility index (Phi) is 6.03. The number of aliphatic carboxylic acids is 1. The molecule has 0 aromatic heterocycles. The summed E-state index contributed by atoms with van der Waals surface area (Å²) in [7, 11) is 0. The number of urea groups is 2. The Balaban J connectivity index is 1.51. The molecular weight excluding hydrogens is 354 g/mol. The van der Waals surface area contributed by atoms with Crippen molar-refractivity contribution in [3.05, 3.63) is 35.9 Å². The predicted octanol–water partition coefficient (Wildman–Crippen LogP) is 2.42. The first kappa shape index (κ1) is 18.6. The molecule has 0 radical (unpaired) electrons. The molecule has 2 heterocycles. The van der Waals surface area contributed by atoms with Crippen molar-refractivity contribution in [3.8, 4) is 0 Å². The van der Waals surface area contributed by atoms with Crippen LogP contribution in [0.1, 0.15) is 31.2 Å². The van der Waals surface area contributed by atoms with E-state index in [-0.39, 0.29) is 35.8 Å². The van der Waals surface area contributed by atoms with E-state index in [2.05, 4.69) is 10.6 Å². The Morgan fingerprint density at radius 2 is 2.04 bits per heavy atom. The summed E-state index contributed by atoms with van der Waals surface area (Å²) in [6.07, 6.45) is 2.47. The molecule has 3 atom stereocenters. The first-order valence-corrected chi connectivity index (χ1v) is 9.86. The molecular formula is C18H23N3O4S. The van der Waals surface area contributed by atoms with Gasteiger partial charge in [-0.3, -0.25) is 4.79 Å². The van der Waals surface area contributed by atoms with Gasteiger partial charge < -0.3 is 15.7 Å². The van der Waals surface area contributed by atoms with Crippen molar-refractivity contribution >= 4 is 29.8 Å². The molecule has 0 unspecified atom stereocenters. The predicted molar refractivity (Wildman–Crippen MR) is 99.0 cm³/mol. The Morgan fingerprint density at radius 1 is 1.27 bits per heavy atom. The van der Waals surface area contributed by atoms with Crippen LogP contribution in [0, 0.1) is 0 Å². The van der Waals surface area contributed by atoms with Crippen LogP contribution in [0.25, 0.3) is 0 Å². The lowest BCUT2D eigenvalue weighted by molar-refractivity contribution is -0.137. The van der Waals surface area contributed by atoms with Gasteiger partial charge in [0.25, 0.3) is 0 Å². The van der Waals surface area contributed by atoms with Crippen molar-refractivity contribution in [1.82, 2.24) is 15.5 Å². The summed E-state index contributed by atoms with van der Waals surface area (Å²) in [6, 6.07) is 8.65. The van der Waals surface area contributed by atoms with Gasteiger partial charge in [0.05, 0.1) is 12.1 Å². The number of carbonyl (C=O) groups is 3. The molecule has 0 saturated carbocycles. The summed E-state index contributed by atoms with van der Waals surface area (Å²) in [4.78, 5) is 36.7. The molecule has 3 rings (SSSR count). The van der Waals surface area contributed by atoms with E-state index in [1.165, 1.54) is 4.90 Å². The molecule has 0 spiro atoms. The summed E-state index contributed by atoms with van der Waals surface area (Å²) in [5, 5.41) is 14.7. The van der Waals surface area contributed by atoms with Crippen LogP contribution in [0.3, 0.4) is 0 Å². The molecule has 140 valence electrons. The SMILES string of the molecule is O=C(O)CCCC[C@@H]1SC[C@H]2[C@@H]1NC(=O)N2C(=O)NCc1ccccc1. The third-order valence-electron chi connectivity index (χ3n) is 4.77. The average Bonchev–Trinajstić information content (AvgIpc) is 3.15. The van der Waals surface area contributed by atoms with Crippen molar-refractivity contribution in [1.29, 1.82) is 0 Å². The lowest BCUT2D eigenvalue weighted by atomic mass is 10.0. The van der Waals surface area contributed by atoms with Gasteiger partial charge >= 0.3 is 18.0 Å². The van der Waals surface area contributed by atoms with Crippen LogP contribution < -0.4 is 10.6 Å². The zero-order valence-electron chi connectivity index (χ0n) is 14.4. The minimum absolute atomic E-state index is 0.0557. The van der Waals surface area contributed by atoms with Crippen LogP contribution in [-0.2, 0) is 11.3 Å². The number of hydrogen-bond donors (Lipinski definition) is 3. The van der Waals surface area contributed by atoms with Crippen LogP contribution in [0.15, 0.2) is 30.3 Å². The van der Waals surface area contributed by atoms with Crippen LogP contribution in [0.5, 0.6) is 0 Å². The molecule has 2 aliphatic heterocycles. The van der Waals surface area contributed by atoms with Gasteiger partial charge in [-0.05, 0) is 18.4 Å². The molecule has 7 nitrogen and oxygen atoms in total. The number of fused-ring (bicyclic) bond motifs is 1. The number of rotatable bonds is 7. The van der Waals surface area contributed by atoms with E-state index in [0.29, 0.717) is 18.7 Å². The topological polar surface area (TPSA) is 98.7 Å². The molecule has 4 amide bonds. The van der Waals surface area contributed by atoms with Crippen LogP contribution in [0.4, 0.5) is 9.59 Å². The zero-order chi connectivity index (χ0) is 18.5. The average molecular weight is 377 g/mol. The number of amides is 4. The fourth-order valence-electron chi connectivity index (χ4n) is 3.45. The van der Waals surface area contributed by atoms with E-state index in [9.17, 15) is 14.4 Å². The highest BCUT2D eigenvalue weighted by Crippen LogP contribution is 2.37. The highest BCUT2D eigenvalue weighted by Gasteiger charge is 2.50. The van der Waals surface area contributed by atoms with Crippen LogP contribution in [-0.4, -0.2) is 51.1 Å². The summed E-state index contributed by atoms with van der Waals surface area (Å²) >= 11 is 1.75. The molecule has 1 aromatic rings. The number of carboxylic acid groups (broad SMARTS) is 1. The minimum Gasteiger partial charge on any atom is -0.481 e. The Labute approximate surface area is 156 Å². The van der Waals surface area contributed by atoms with Crippen molar-refractivity contribution in [2.75, 3.05) is 5.75 Å². The normalized spacial score (nSPS) is 24.2. The van der Waals surface area contributed by atoms with Gasteiger partial charge in [-0.2, -0.15) is 11.8 Å². The summed E-state index contributed by atoms with van der Waals surface area (Å²) in [5.41, 5.74) is 0.981. The van der Waals surface area contributed by atoms with Crippen LogP contribution in [0.2, 0.25) is 0 Å². The smallest absolute Gasteiger partial charge is 0.326 e. The highest BCUT2D eigenvalue weighted by atomic mass is 32.2. The number of carbonyl (C=O) groups excluding carboxylic acids is 2. The molecule has 2 fully saturated rings. The quantitative estimate of drug-likeness (QED) is 0.501. The zero-order valence-corrected chi connectivity index (χ0v) is 15.2. The molecule has 0 aliphatic carbocycles. The number of benzene rings is 1. The minimum atomic E-state index is -0.780. The monoisotopic (exact) mass is 377 g/mol. The van der Waals surface area contributed by atoms with E-state index in [1.54, 1.807) is 11.8 Å². The Hall–Kier alpha value is -2.22. The second kappa shape index (κ2) is 8.44. The van der Waals surface area contributed by atoms with Crippen molar-refractivity contribution in [3.63, 3.8) is 0 Å². The molecule has 26 heavy (non-hydrogen) atoms. The summed E-state index contributed by atoms with van der Waals surface area (Å²) in [6.45, 7) is 0.382. The third-order valence-corrected chi connectivity index (χ3v) is 6.26. The van der Waals surface area contributed by atoms with E-state index in [0.717, 1.165) is 18.4 Å². The van der Waals surface area contributed by atoms with E-state index >= 15 is 0 Å². The lowest BCUT2D eigenvalue weighted by Crippen LogP contribution is -2.46. The second-order valence-electron chi connectivity index (χ2n) is 6.57. The Bertz CT molecular complexity index is 670. The van der Waals surface area contributed by atoms with Crippen molar-refractivity contribution in [2.45, 2.75) is 49.6 Å². The number of thioether (sulfide) groups is 1. The maximum Gasteiger partial charge on any atom is 0.326 e. The van der Waals surface area contributed by atoms with Gasteiger partial charge in [0.15, 0.2) is 0 Å². The summed E-state index contributed by atoms with van der Waals surface area (Å²) < 4.78 is 0.